The third-order valence-electron chi connectivity index (χ3n) is 6.26. The van der Waals surface area contributed by atoms with Gasteiger partial charge in [-0.2, -0.15) is 0 Å². The van der Waals surface area contributed by atoms with Gasteiger partial charge in [-0.3, -0.25) is 9.78 Å². The van der Waals surface area contributed by atoms with Crippen LogP contribution in [0, 0.1) is 6.92 Å². The van der Waals surface area contributed by atoms with Gasteiger partial charge in [-0.1, -0.05) is 6.42 Å². The van der Waals surface area contributed by atoms with Crippen molar-refractivity contribution >= 4 is 39.4 Å². The van der Waals surface area contributed by atoms with E-state index in [0.29, 0.717) is 17.8 Å². The molecule has 0 saturated carbocycles. The van der Waals surface area contributed by atoms with Gasteiger partial charge in [-0.25, -0.2) is 9.97 Å². The number of ketones is 1. The van der Waals surface area contributed by atoms with E-state index < -0.39 is 0 Å². The van der Waals surface area contributed by atoms with Crippen molar-refractivity contribution in [1.82, 2.24) is 19.5 Å². The molecule has 7 heteroatoms. The number of imidazole rings is 1. The average molecular weight is 445 g/mol. The van der Waals surface area contributed by atoms with E-state index >= 15 is 0 Å². The lowest BCUT2D eigenvalue weighted by Crippen LogP contribution is -2.21. The molecule has 7 nitrogen and oxygen atoms in total. The summed E-state index contributed by atoms with van der Waals surface area (Å²) in [6.45, 7) is 9.00. The molecule has 0 spiro atoms. The Bertz CT molecular complexity index is 1260. The van der Waals surface area contributed by atoms with Crippen LogP contribution in [0.2, 0.25) is 0 Å². The Morgan fingerprint density at radius 2 is 1.76 bits per heavy atom. The molecule has 0 aliphatic rings. The van der Waals surface area contributed by atoms with Gasteiger partial charge in [0.2, 0.25) is 0 Å². The second-order valence-electron chi connectivity index (χ2n) is 8.33. The molecule has 4 aromatic rings. The molecule has 0 aliphatic heterocycles. The molecule has 33 heavy (non-hydrogen) atoms. The molecule has 0 amide bonds. The fourth-order valence-corrected chi connectivity index (χ4v) is 4.43. The molecular weight excluding hydrogens is 412 g/mol. The molecule has 0 aliphatic carbocycles. The molecule has 172 valence electrons. The van der Waals surface area contributed by atoms with Gasteiger partial charge in [-0.15, -0.1) is 0 Å². The summed E-state index contributed by atoms with van der Waals surface area (Å²) < 4.78 is 2.18. The molecule has 3 heterocycles. The average Bonchev–Trinajstić information content (AvgIpc) is 3.17. The molecular formula is C26H32N6O. The maximum Gasteiger partial charge on any atom is 0.162 e. The zero-order chi connectivity index (χ0) is 23.4. The topological polar surface area (TPSA) is 89.9 Å². The molecule has 0 unspecified atom stereocenters. The third kappa shape index (κ3) is 4.67. The first-order chi connectivity index (χ1) is 16.0. The van der Waals surface area contributed by atoms with Gasteiger partial charge in [0.15, 0.2) is 11.6 Å². The quantitative estimate of drug-likeness (QED) is 0.268. The monoisotopic (exact) mass is 444 g/mol. The van der Waals surface area contributed by atoms with Gasteiger partial charge >= 0.3 is 0 Å². The van der Waals surface area contributed by atoms with E-state index in [0.717, 1.165) is 72.5 Å². The van der Waals surface area contributed by atoms with E-state index in [1.165, 1.54) is 0 Å². The zero-order valence-electron chi connectivity index (χ0n) is 19.7. The number of aryl methyl sites for hydroxylation is 2. The Labute approximate surface area is 194 Å². The van der Waals surface area contributed by atoms with Crippen LogP contribution >= 0.6 is 0 Å². The number of anilines is 2. The summed E-state index contributed by atoms with van der Waals surface area (Å²) in [6.07, 6.45) is 5.12. The van der Waals surface area contributed by atoms with E-state index in [1.54, 1.807) is 6.20 Å². The Morgan fingerprint density at radius 1 is 1.00 bits per heavy atom. The van der Waals surface area contributed by atoms with Crippen LogP contribution < -0.4 is 10.6 Å². The first-order valence-corrected chi connectivity index (χ1v) is 11.8. The lowest BCUT2D eigenvalue weighted by molar-refractivity contribution is 0.0979. The normalized spacial score (nSPS) is 11.4. The number of nitrogens with two attached hydrogens (primary N) is 1. The van der Waals surface area contributed by atoms with Gasteiger partial charge in [0.1, 0.15) is 22.4 Å². The largest absolute Gasteiger partial charge is 0.382 e. The number of hydrogen-bond donors (Lipinski definition) is 1. The van der Waals surface area contributed by atoms with Crippen LogP contribution in [0.15, 0.2) is 42.6 Å². The first kappa shape index (κ1) is 22.7. The molecule has 0 bridgehead atoms. The minimum absolute atomic E-state index is 0.208. The van der Waals surface area contributed by atoms with Crippen molar-refractivity contribution in [2.24, 2.45) is 0 Å². The van der Waals surface area contributed by atoms with E-state index in [1.807, 2.05) is 43.3 Å². The number of benzene rings is 1. The standard InChI is InChI=1S/C26H32N6O/c1-4-31(5-2)20-14-12-19(13-15-20)22(33)11-7-6-8-17-32-18(3)29-24-25(32)23-21(30-26(24)27)10-9-16-28-23/h9-10,12-16H,4-8,11,17H2,1-3H3,(H2,27,30). The number of aromatic nitrogens is 4. The van der Waals surface area contributed by atoms with Crippen LogP contribution in [0.3, 0.4) is 0 Å². The van der Waals surface area contributed by atoms with Crippen LogP contribution in [-0.4, -0.2) is 38.4 Å². The number of fused-ring (bicyclic) bond motifs is 3. The molecule has 0 atom stereocenters. The van der Waals surface area contributed by atoms with Gasteiger partial charge in [0.05, 0.1) is 5.52 Å². The summed E-state index contributed by atoms with van der Waals surface area (Å²) in [5.74, 6) is 1.55. The summed E-state index contributed by atoms with van der Waals surface area (Å²) in [5.41, 5.74) is 11.4. The molecule has 0 saturated heterocycles. The van der Waals surface area contributed by atoms with Crippen molar-refractivity contribution in [2.45, 2.75) is 53.0 Å². The van der Waals surface area contributed by atoms with E-state index in [-0.39, 0.29) is 5.78 Å². The van der Waals surface area contributed by atoms with Crippen LogP contribution in [0.4, 0.5) is 11.5 Å². The highest BCUT2D eigenvalue weighted by molar-refractivity contribution is 6.04. The number of carbonyl (C=O) groups excluding carboxylic acids is 1. The maximum absolute atomic E-state index is 12.6. The van der Waals surface area contributed by atoms with Crippen molar-refractivity contribution in [3.63, 3.8) is 0 Å². The number of carbonyl (C=O) groups is 1. The van der Waals surface area contributed by atoms with Crippen LogP contribution in [-0.2, 0) is 6.54 Å². The summed E-state index contributed by atoms with van der Waals surface area (Å²) in [5, 5.41) is 0. The molecule has 3 aromatic heterocycles. The SMILES string of the molecule is CCN(CC)c1ccc(C(=O)CCCCCn2c(C)nc3c(N)nc4cccnc4c32)cc1. The van der Waals surface area contributed by atoms with Gasteiger partial charge in [-0.05, 0) is 70.0 Å². The van der Waals surface area contributed by atoms with Crippen LogP contribution in [0.5, 0.6) is 0 Å². The predicted molar refractivity (Wildman–Crippen MR) is 135 cm³/mol. The fraction of sp³-hybridized carbons (Fsp3) is 0.385. The van der Waals surface area contributed by atoms with Crippen molar-refractivity contribution in [3.8, 4) is 0 Å². The summed E-state index contributed by atoms with van der Waals surface area (Å²) in [4.78, 5) is 28.5. The van der Waals surface area contributed by atoms with Gasteiger partial charge < -0.3 is 15.2 Å². The van der Waals surface area contributed by atoms with Gasteiger partial charge in [0.25, 0.3) is 0 Å². The van der Waals surface area contributed by atoms with E-state index in [9.17, 15) is 4.79 Å². The number of rotatable bonds is 10. The number of pyridine rings is 2. The lowest BCUT2D eigenvalue weighted by Gasteiger charge is -2.21. The lowest BCUT2D eigenvalue weighted by atomic mass is 10.0. The highest BCUT2D eigenvalue weighted by Gasteiger charge is 2.16. The molecule has 0 fully saturated rings. The smallest absolute Gasteiger partial charge is 0.162 e. The van der Waals surface area contributed by atoms with E-state index in [4.69, 9.17) is 5.73 Å². The molecule has 4 rings (SSSR count). The molecule has 0 radical (unpaired) electrons. The summed E-state index contributed by atoms with van der Waals surface area (Å²) in [6, 6.07) is 11.8. The van der Waals surface area contributed by atoms with E-state index in [2.05, 4.69) is 38.3 Å². The highest BCUT2D eigenvalue weighted by atomic mass is 16.1. The Kier molecular flexibility index (Phi) is 6.87. The predicted octanol–water partition coefficient (Wildman–Crippen LogP) is 5.16. The minimum atomic E-state index is 0.208. The van der Waals surface area contributed by atoms with Crippen molar-refractivity contribution in [1.29, 1.82) is 0 Å². The first-order valence-electron chi connectivity index (χ1n) is 11.8. The zero-order valence-corrected chi connectivity index (χ0v) is 19.7. The van der Waals surface area contributed by atoms with Crippen LogP contribution in [0.25, 0.3) is 22.1 Å². The Morgan fingerprint density at radius 3 is 2.48 bits per heavy atom. The number of Topliss-reactive ketones (excluding diaryl/α,β-unsaturated/α-hetero) is 1. The maximum atomic E-state index is 12.6. The second-order valence-corrected chi connectivity index (χ2v) is 8.33. The van der Waals surface area contributed by atoms with Crippen molar-refractivity contribution < 1.29 is 4.79 Å². The highest BCUT2D eigenvalue weighted by Crippen LogP contribution is 2.27. The Hall–Kier alpha value is -3.48. The number of hydrogen-bond acceptors (Lipinski definition) is 6. The third-order valence-corrected chi connectivity index (χ3v) is 6.26. The number of nitrogen functional groups attached to an aromatic ring is 1. The number of nitrogens with zero attached hydrogens (tertiary/aromatic N) is 5. The molecule has 1 aromatic carbocycles. The molecule has 2 N–H and O–H groups in total. The van der Waals surface area contributed by atoms with Crippen molar-refractivity contribution in [2.75, 3.05) is 23.7 Å². The fourth-order valence-electron chi connectivity index (χ4n) is 4.43. The van der Waals surface area contributed by atoms with Gasteiger partial charge in [0, 0.05) is 43.5 Å². The Balaban J connectivity index is 1.36. The minimum Gasteiger partial charge on any atom is -0.382 e. The number of unbranched alkanes of at least 4 members (excludes halogenated alkanes) is 2. The second kappa shape index (κ2) is 9.98. The summed E-state index contributed by atoms with van der Waals surface area (Å²) >= 11 is 0. The van der Waals surface area contributed by atoms with Crippen molar-refractivity contribution in [3.05, 3.63) is 54.0 Å². The van der Waals surface area contributed by atoms with Crippen LogP contribution in [0.1, 0.15) is 55.7 Å². The summed E-state index contributed by atoms with van der Waals surface area (Å²) in [7, 11) is 0.